The van der Waals surface area contributed by atoms with E-state index in [4.69, 9.17) is 9.47 Å². The predicted octanol–water partition coefficient (Wildman–Crippen LogP) is 6.47. The van der Waals surface area contributed by atoms with Gasteiger partial charge in [0, 0.05) is 30.8 Å². The van der Waals surface area contributed by atoms with E-state index in [-0.39, 0.29) is 42.6 Å². The fraction of sp³-hybridized carbons (Fsp3) is 0.273. The molecule has 58 heavy (non-hydrogen) atoms. The number of rotatable bonds is 15. The Balaban J connectivity index is 1.05. The summed E-state index contributed by atoms with van der Waals surface area (Å²) in [6, 6.07) is 38.6. The summed E-state index contributed by atoms with van der Waals surface area (Å²) in [6.07, 6.45) is -0.886. The van der Waals surface area contributed by atoms with E-state index in [1.807, 2.05) is 117 Å². The lowest BCUT2D eigenvalue weighted by atomic mass is 9.91. The molecule has 0 aliphatic carbocycles. The molecule has 2 heterocycles. The molecule has 1 amide bonds. The first-order valence-corrected chi connectivity index (χ1v) is 21.5. The number of aryl methyl sites for hydroxylation is 2. The number of hydrogen-bond donors (Lipinski definition) is 3. The van der Waals surface area contributed by atoms with Crippen LogP contribution < -0.4 is 10.0 Å². The molecule has 0 spiro atoms. The lowest BCUT2D eigenvalue weighted by Crippen LogP contribution is -2.47. The number of amides is 1. The van der Waals surface area contributed by atoms with Gasteiger partial charge in [0.1, 0.15) is 6.04 Å². The maximum atomic E-state index is 13.6. The highest BCUT2D eigenvalue weighted by Gasteiger charge is 2.38. The number of aliphatic hydroxyl groups is 1. The highest BCUT2D eigenvalue weighted by Crippen LogP contribution is 2.43. The van der Waals surface area contributed by atoms with Gasteiger partial charge in [0.05, 0.1) is 23.7 Å². The molecular weight excluding hydrogens is 773 g/mol. The van der Waals surface area contributed by atoms with Crippen molar-refractivity contribution in [2.24, 2.45) is 13.0 Å². The number of hydrogen-bond acceptors (Lipinski definition) is 10. The van der Waals surface area contributed by atoms with E-state index in [0.29, 0.717) is 10.9 Å². The maximum Gasteiger partial charge on any atom is 0.241 e. The molecule has 1 aromatic heterocycles. The van der Waals surface area contributed by atoms with Crippen molar-refractivity contribution in [3.8, 4) is 11.1 Å². The molecule has 1 aliphatic heterocycles. The smallest absolute Gasteiger partial charge is 0.241 e. The van der Waals surface area contributed by atoms with Crippen LogP contribution in [0.1, 0.15) is 52.7 Å². The molecule has 5 atom stereocenters. The minimum atomic E-state index is -3.96. The third-order valence-corrected chi connectivity index (χ3v) is 12.8. The Bertz CT molecular complexity index is 2390. The van der Waals surface area contributed by atoms with Crippen LogP contribution in [0.5, 0.6) is 0 Å². The zero-order valence-corrected chi connectivity index (χ0v) is 34.1. The van der Waals surface area contributed by atoms with Gasteiger partial charge in [-0.3, -0.25) is 4.79 Å². The fourth-order valence-electron chi connectivity index (χ4n) is 6.83. The molecule has 0 unspecified atom stereocenters. The van der Waals surface area contributed by atoms with Crippen LogP contribution in [-0.4, -0.2) is 57.5 Å². The molecule has 6 aromatic rings. The van der Waals surface area contributed by atoms with E-state index >= 15 is 0 Å². The standard InChI is InChI=1S/C44H46N6O6S2/c1-29-12-22-38(23-13-29)58(53,54)47-39(25-31-8-5-4-6-9-31)42(52)45-26-33-10-7-11-37(24-33)34-18-20-36(21-19-34)43-55-40(28-57-44-46-48-49-50(44)3)30(2)41(56-43)35-16-14-32(27-51)15-17-35/h4-24,30,39-41,43,47,51H,25-28H2,1-3H3,(H,45,52)/t30-,39-,40+,41+,43+/m1/s1. The van der Waals surface area contributed by atoms with Crippen LogP contribution in [0.3, 0.4) is 0 Å². The van der Waals surface area contributed by atoms with Gasteiger partial charge in [-0.1, -0.05) is 133 Å². The number of benzene rings is 5. The Labute approximate surface area is 343 Å². The van der Waals surface area contributed by atoms with Crippen LogP contribution in [0, 0.1) is 12.8 Å². The summed E-state index contributed by atoms with van der Waals surface area (Å²) >= 11 is 1.53. The third-order valence-electron chi connectivity index (χ3n) is 10.2. The van der Waals surface area contributed by atoms with Crippen molar-refractivity contribution in [1.29, 1.82) is 0 Å². The zero-order valence-electron chi connectivity index (χ0n) is 32.4. The van der Waals surface area contributed by atoms with Gasteiger partial charge >= 0.3 is 0 Å². The van der Waals surface area contributed by atoms with Gasteiger partial charge in [0.2, 0.25) is 21.1 Å². The zero-order chi connectivity index (χ0) is 40.6. The maximum absolute atomic E-state index is 13.6. The molecule has 0 saturated carbocycles. The van der Waals surface area contributed by atoms with Crippen molar-refractivity contribution >= 4 is 27.7 Å². The van der Waals surface area contributed by atoms with Gasteiger partial charge in [-0.15, -0.1) is 5.10 Å². The largest absolute Gasteiger partial charge is 0.392 e. The Morgan fingerprint density at radius 2 is 1.55 bits per heavy atom. The summed E-state index contributed by atoms with van der Waals surface area (Å²) in [5.41, 5.74) is 7.24. The third kappa shape index (κ3) is 10.1. The minimum Gasteiger partial charge on any atom is -0.392 e. The predicted molar refractivity (Wildman–Crippen MR) is 222 cm³/mol. The second-order valence-corrected chi connectivity index (χ2v) is 17.1. The highest BCUT2D eigenvalue weighted by atomic mass is 32.2. The summed E-state index contributed by atoms with van der Waals surface area (Å²) in [5.74, 6) is 0.200. The van der Waals surface area contributed by atoms with Gasteiger partial charge in [0.15, 0.2) is 6.29 Å². The Morgan fingerprint density at radius 1 is 0.845 bits per heavy atom. The van der Waals surface area contributed by atoms with Crippen LogP contribution in [0.2, 0.25) is 0 Å². The molecule has 0 bridgehead atoms. The lowest BCUT2D eigenvalue weighted by molar-refractivity contribution is -0.268. The Hall–Kier alpha value is -5.22. The van der Waals surface area contributed by atoms with E-state index in [1.54, 1.807) is 16.8 Å². The number of thioether (sulfide) groups is 1. The molecule has 14 heteroatoms. The molecule has 3 N–H and O–H groups in total. The molecular formula is C44H46N6O6S2. The van der Waals surface area contributed by atoms with Crippen LogP contribution in [0.25, 0.3) is 11.1 Å². The summed E-state index contributed by atoms with van der Waals surface area (Å²) in [7, 11) is -2.16. The molecule has 1 aliphatic rings. The van der Waals surface area contributed by atoms with Crippen molar-refractivity contribution in [3.63, 3.8) is 0 Å². The number of nitrogens with zero attached hydrogens (tertiary/aromatic N) is 4. The molecule has 5 aromatic carbocycles. The number of carbonyl (C=O) groups is 1. The first kappa shape index (κ1) is 41.0. The Kier molecular flexibility index (Phi) is 13.1. The second kappa shape index (κ2) is 18.6. The highest BCUT2D eigenvalue weighted by molar-refractivity contribution is 7.99. The lowest BCUT2D eigenvalue weighted by Gasteiger charge is -2.41. The number of tetrazole rings is 1. The minimum absolute atomic E-state index is 0.00871. The monoisotopic (exact) mass is 818 g/mol. The van der Waals surface area contributed by atoms with Gasteiger partial charge in [0.25, 0.3) is 0 Å². The van der Waals surface area contributed by atoms with Crippen LogP contribution in [0.4, 0.5) is 0 Å². The van der Waals surface area contributed by atoms with Crippen LogP contribution >= 0.6 is 11.8 Å². The fourth-order valence-corrected chi connectivity index (χ4v) is 9.03. The summed E-state index contributed by atoms with van der Waals surface area (Å²) in [5, 5.41) is 25.1. The van der Waals surface area contributed by atoms with E-state index in [2.05, 4.69) is 32.5 Å². The molecule has 0 radical (unpaired) electrons. The van der Waals surface area contributed by atoms with Crippen LogP contribution in [-0.2, 0) is 50.9 Å². The SMILES string of the molecule is Cc1ccc(S(=O)(=O)N[C@H](Cc2ccccc2)C(=O)NCc2cccc(-c3ccc([C@H]4O[C@@H](CSc5nnnn5C)[C@@H](C)[C@@H](c5ccc(CO)cc5)O4)cc3)c2)cc1. The summed E-state index contributed by atoms with van der Waals surface area (Å²) in [4.78, 5) is 13.7. The number of ether oxygens (including phenoxy) is 2. The number of sulfonamides is 1. The number of carbonyl (C=O) groups excluding carboxylic acids is 1. The van der Waals surface area contributed by atoms with Crippen molar-refractivity contribution in [2.75, 3.05) is 5.75 Å². The van der Waals surface area contributed by atoms with E-state index < -0.39 is 28.3 Å². The van der Waals surface area contributed by atoms with Crippen molar-refractivity contribution in [1.82, 2.24) is 30.2 Å². The molecule has 1 fully saturated rings. The van der Waals surface area contributed by atoms with Crippen molar-refractivity contribution < 1.29 is 27.8 Å². The Morgan fingerprint density at radius 3 is 2.24 bits per heavy atom. The average molecular weight is 819 g/mol. The van der Waals surface area contributed by atoms with E-state index in [9.17, 15) is 18.3 Å². The van der Waals surface area contributed by atoms with Gasteiger partial charge in [-0.25, -0.2) is 13.1 Å². The van der Waals surface area contributed by atoms with Crippen molar-refractivity contribution in [2.45, 2.75) is 68.0 Å². The molecule has 1 saturated heterocycles. The summed E-state index contributed by atoms with van der Waals surface area (Å²) < 4.78 is 44.2. The number of aromatic nitrogens is 4. The first-order valence-electron chi connectivity index (χ1n) is 19.0. The van der Waals surface area contributed by atoms with Gasteiger partial charge in [-0.05, 0) is 75.4 Å². The van der Waals surface area contributed by atoms with E-state index in [1.165, 1.54) is 23.9 Å². The van der Waals surface area contributed by atoms with Gasteiger partial charge < -0.3 is 19.9 Å². The quantitative estimate of drug-likeness (QED) is 0.0982. The van der Waals surface area contributed by atoms with Gasteiger partial charge in [-0.2, -0.15) is 4.72 Å². The summed E-state index contributed by atoms with van der Waals surface area (Å²) in [6.45, 7) is 4.17. The molecule has 12 nitrogen and oxygen atoms in total. The number of nitrogens with one attached hydrogen (secondary N) is 2. The molecule has 300 valence electrons. The van der Waals surface area contributed by atoms with Crippen molar-refractivity contribution in [3.05, 3.63) is 161 Å². The number of aliphatic hydroxyl groups excluding tert-OH is 1. The normalized spacial score (nSPS) is 18.8. The van der Waals surface area contributed by atoms with Crippen LogP contribution in [0.15, 0.2) is 137 Å². The first-order chi connectivity index (χ1) is 28.1. The van der Waals surface area contributed by atoms with E-state index in [0.717, 1.165) is 44.5 Å². The molecule has 7 rings (SSSR count). The average Bonchev–Trinajstić information content (AvgIpc) is 3.66. The second-order valence-electron chi connectivity index (χ2n) is 14.4. The topological polar surface area (TPSA) is 158 Å².